The first kappa shape index (κ1) is 21.9. The third kappa shape index (κ3) is 5.84. The Bertz CT molecular complexity index is 707. The van der Waals surface area contributed by atoms with Crippen LogP contribution < -0.4 is 16.0 Å². The third-order valence-corrected chi connectivity index (χ3v) is 6.47. The van der Waals surface area contributed by atoms with Gasteiger partial charge in [-0.2, -0.15) is 0 Å². The highest BCUT2D eigenvalue weighted by Gasteiger charge is 2.39. The SMILES string of the molecule is CN=C(NC1CCCC(C(=O)NC2CC2)C1)NC1CC1c1ccc(Br)cc1.I. The lowest BCUT2D eigenvalue weighted by atomic mass is 9.85. The Morgan fingerprint density at radius 3 is 2.43 bits per heavy atom. The zero-order valence-corrected chi connectivity index (χ0v) is 20.2. The minimum absolute atomic E-state index is 0. The van der Waals surface area contributed by atoms with Gasteiger partial charge in [-0.15, -0.1) is 24.0 Å². The molecule has 4 unspecified atom stereocenters. The summed E-state index contributed by atoms with van der Waals surface area (Å²) in [5, 5.41) is 10.3. The molecule has 0 aromatic heterocycles. The molecule has 3 fully saturated rings. The molecule has 1 amide bonds. The summed E-state index contributed by atoms with van der Waals surface area (Å²) in [6, 6.07) is 9.80. The van der Waals surface area contributed by atoms with E-state index in [-0.39, 0.29) is 35.8 Å². The van der Waals surface area contributed by atoms with Crippen LogP contribution in [0.4, 0.5) is 0 Å². The van der Waals surface area contributed by atoms with Gasteiger partial charge in [-0.05, 0) is 56.2 Å². The number of carbonyl (C=O) groups is 1. The van der Waals surface area contributed by atoms with E-state index in [1.54, 1.807) is 0 Å². The number of benzene rings is 1. The minimum atomic E-state index is 0. The Morgan fingerprint density at radius 1 is 1.00 bits per heavy atom. The number of nitrogens with one attached hydrogen (secondary N) is 3. The summed E-state index contributed by atoms with van der Waals surface area (Å²) in [7, 11) is 1.83. The fourth-order valence-electron chi connectivity index (χ4n) is 4.08. The molecule has 0 spiro atoms. The summed E-state index contributed by atoms with van der Waals surface area (Å²) in [6.45, 7) is 0. The van der Waals surface area contributed by atoms with Gasteiger partial charge in [-0.1, -0.05) is 34.5 Å². The van der Waals surface area contributed by atoms with Crippen LogP contribution in [0.5, 0.6) is 0 Å². The van der Waals surface area contributed by atoms with Crippen molar-refractivity contribution in [2.45, 2.75) is 69.0 Å². The molecular weight excluding hydrogens is 531 g/mol. The molecule has 3 N–H and O–H groups in total. The molecule has 3 aliphatic carbocycles. The van der Waals surface area contributed by atoms with Crippen LogP contribution in [0, 0.1) is 5.92 Å². The van der Waals surface area contributed by atoms with E-state index in [1.807, 2.05) is 7.05 Å². The molecule has 7 heteroatoms. The number of aliphatic imine (C=N–C) groups is 1. The maximum Gasteiger partial charge on any atom is 0.223 e. The van der Waals surface area contributed by atoms with Crippen molar-refractivity contribution in [1.29, 1.82) is 0 Å². The average molecular weight is 561 g/mol. The summed E-state index contributed by atoms with van der Waals surface area (Å²) < 4.78 is 1.12. The van der Waals surface area contributed by atoms with Gasteiger partial charge in [-0.3, -0.25) is 9.79 Å². The zero-order chi connectivity index (χ0) is 18.8. The molecule has 28 heavy (non-hydrogen) atoms. The topological polar surface area (TPSA) is 65.5 Å². The average Bonchev–Trinajstić information content (AvgIpc) is 3.59. The Morgan fingerprint density at radius 2 is 1.75 bits per heavy atom. The Hall–Kier alpha value is -0.830. The number of halogens is 2. The molecule has 1 aromatic carbocycles. The summed E-state index contributed by atoms with van der Waals surface area (Å²) in [4.78, 5) is 16.8. The Kier molecular flexibility index (Phi) is 7.64. The van der Waals surface area contributed by atoms with Crippen molar-refractivity contribution in [3.8, 4) is 0 Å². The number of nitrogens with zero attached hydrogens (tertiary/aromatic N) is 1. The highest BCUT2D eigenvalue weighted by Crippen LogP contribution is 2.41. The van der Waals surface area contributed by atoms with E-state index in [9.17, 15) is 4.79 Å². The van der Waals surface area contributed by atoms with Crippen molar-refractivity contribution >= 4 is 51.8 Å². The fraction of sp³-hybridized carbons (Fsp3) is 0.619. The molecule has 0 bridgehead atoms. The monoisotopic (exact) mass is 560 g/mol. The van der Waals surface area contributed by atoms with Crippen molar-refractivity contribution in [2.75, 3.05) is 7.05 Å². The molecule has 3 aliphatic rings. The first-order chi connectivity index (χ1) is 13.1. The maximum absolute atomic E-state index is 12.4. The lowest BCUT2D eigenvalue weighted by Gasteiger charge is -2.30. The van der Waals surface area contributed by atoms with Crippen molar-refractivity contribution in [3.05, 3.63) is 34.3 Å². The van der Waals surface area contributed by atoms with E-state index < -0.39 is 0 Å². The smallest absolute Gasteiger partial charge is 0.223 e. The van der Waals surface area contributed by atoms with Gasteiger partial charge in [0.15, 0.2) is 5.96 Å². The normalized spacial score (nSPS) is 29.4. The quantitative estimate of drug-likeness (QED) is 0.290. The molecular formula is C21H30BrIN4O. The number of hydrogen-bond donors (Lipinski definition) is 3. The summed E-state index contributed by atoms with van der Waals surface area (Å²) in [6.07, 6.45) is 7.56. The van der Waals surface area contributed by atoms with E-state index in [1.165, 1.54) is 5.56 Å². The molecule has 154 valence electrons. The molecule has 0 heterocycles. The van der Waals surface area contributed by atoms with E-state index in [0.29, 0.717) is 24.0 Å². The summed E-state index contributed by atoms with van der Waals surface area (Å²) in [5.74, 6) is 1.82. The summed E-state index contributed by atoms with van der Waals surface area (Å²) in [5.41, 5.74) is 1.38. The van der Waals surface area contributed by atoms with Gasteiger partial charge in [0.1, 0.15) is 0 Å². The number of rotatable bonds is 5. The van der Waals surface area contributed by atoms with Crippen molar-refractivity contribution in [1.82, 2.24) is 16.0 Å². The van der Waals surface area contributed by atoms with Crippen LogP contribution in [0.3, 0.4) is 0 Å². The standard InChI is InChI=1S/C21H29BrN4O.HI/c1-23-21(26-19-12-18(19)13-5-7-15(22)8-6-13)25-17-4-2-3-14(11-17)20(27)24-16-9-10-16;/h5-8,14,16-19H,2-4,9-12H2,1H3,(H,24,27)(H2,23,25,26);1H. The lowest BCUT2D eigenvalue weighted by molar-refractivity contribution is -0.126. The van der Waals surface area contributed by atoms with Crippen LogP contribution in [0.1, 0.15) is 56.4 Å². The maximum atomic E-state index is 12.4. The van der Waals surface area contributed by atoms with Crippen LogP contribution in [0.2, 0.25) is 0 Å². The van der Waals surface area contributed by atoms with Crippen molar-refractivity contribution < 1.29 is 4.79 Å². The number of hydrogen-bond acceptors (Lipinski definition) is 2. The predicted octanol–water partition coefficient (Wildman–Crippen LogP) is 3.93. The molecule has 5 nitrogen and oxygen atoms in total. The summed E-state index contributed by atoms with van der Waals surface area (Å²) >= 11 is 3.49. The first-order valence-corrected chi connectivity index (χ1v) is 11.0. The number of amides is 1. The van der Waals surface area contributed by atoms with E-state index in [4.69, 9.17) is 0 Å². The van der Waals surface area contributed by atoms with E-state index in [0.717, 1.165) is 55.4 Å². The van der Waals surface area contributed by atoms with E-state index in [2.05, 4.69) is 61.1 Å². The van der Waals surface area contributed by atoms with Crippen LogP contribution in [-0.4, -0.2) is 37.0 Å². The first-order valence-electron chi connectivity index (χ1n) is 10.2. The van der Waals surface area contributed by atoms with Gasteiger partial charge in [0.25, 0.3) is 0 Å². The Balaban J connectivity index is 0.00000225. The molecule has 0 saturated heterocycles. The number of guanidine groups is 1. The zero-order valence-electron chi connectivity index (χ0n) is 16.3. The fourth-order valence-corrected chi connectivity index (χ4v) is 4.34. The largest absolute Gasteiger partial charge is 0.354 e. The highest BCUT2D eigenvalue weighted by atomic mass is 127. The van der Waals surface area contributed by atoms with Crippen LogP contribution in [0.15, 0.2) is 33.7 Å². The molecule has 4 atom stereocenters. The molecule has 3 saturated carbocycles. The van der Waals surface area contributed by atoms with Crippen molar-refractivity contribution in [2.24, 2.45) is 10.9 Å². The van der Waals surface area contributed by atoms with Gasteiger partial charge >= 0.3 is 0 Å². The second-order valence-corrected chi connectivity index (χ2v) is 9.12. The van der Waals surface area contributed by atoms with Gasteiger partial charge in [0.05, 0.1) is 0 Å². The molecule has 4 rings (SSSR count). The van der Waals surface area contributed by atoms with E-state index >= 15 is 0 Å². The second-order valence-electron chi connectivity index (χ2n) is 8.20. The second kappa shape index (κ2) is 9.78. The third-order valence-electron chi connectivity index (χ3n) is 5.94. The van der Waals surface area contributed by atoms with Gasteiger partial charge in [0, 0.05) is 41.5 Å². The molecule has 0 aliphatic heterocycles. The molecule has 1 aromatic rings. The number of carbonyl (C=O) groups excluding carboxylic acids is 1. The lowest BCUT2D eigenvalue weighted by Crippen LogP contribution is -2.47. The van der Waals surface area contributed by atoms with Crippen LogP contribution >= 0.6 is 39.9 Å². The predicted molar refractivity (Wildman–Crippen MR) is 127 cm³/mol. The van der Waals surface area contributed by atoms with Gasteiger partial charge in [-0.25, -0.2) is 0 Å². The van der Waals surface area contributed by atoms with Crippen LogP contribution in [-0.2, 0) is 4.79 Å². The Labute approximate surface area is 193 Å². The minimum Gasteiger partial charge on any atom is -0.354 e. The van der Waals surface area contributed by atoms with Crippen molar-refractivity contribution in [3.63, 3.8) is 0 Å². The molecule has 0 radical (unpaired) electrons. The highest BCUT2D eigenvalue weighted by molar-refractivity contribution is 14.0. The van der Waals surface area contributed by atoms with Crippen LogP contribution in [0.25, 0.3) is 0 Å². The van der Waals surface area contributed by atoms with Gasteiger partial charge in [0.2, 0.25) is 5.91 Å². The van der Waals surface area contributed by atoms with Gasteiger partial charge < -0.3 is 16.0 Å².